The van der Waals surface area contributed by atoms with Crippen molar-refractivity contribution in [3.05, 3.63) is 76.1 Å². The molecule has 2 nitrogen and oxygen atoms in total. The molecule has 2 heteroatoms. The molecular formula is C29H42N2. The lowest BCUT2D eigenvalue weighted by molar-refractivity contribution is 0.433. The first kappa shape index (κ1) is 25.0. The van der Waals surface area contributed by atoms with E-state index in [1.807, 2.05) is 12.3 Å². The maximum Gasteiger partial charge on any atom is 0.0406 e. The summed E-state index contributed by atoms with van der Waals surface area (Å²) in [5.41, 5.74) is 8.26. The Balaban J connectivity index is 2.22. The van der Waals surface area contributed by atoms with Crippen molar-refractivity contribution in [2.75, 3.05) is 0 Å². The number of nitrogens with one attached hydrogen (secondary N) is 1. The van der Waals surface area contributed by atoms with Crippen LogP contribution in [0.25, 0.3) is 0 Å². The van der Waals surface area contributed by atoms with Gasteiger partial charge in [-0.25, -0.2) is 0 Å². The number of nitrogens with zero attached hydrogens (tertiary/aromatic N) is 1. The van der Waals surface area contributed by atoms with Crippen LogP contribution >= 0.6 is 0 Å². The number of allylic oxidation sites excluding steroid dienone is 2. The number of pyridine rings is 1. The molecule has 1 aromatic heterocycles. The second-order valence-corrected chi connectivity index (χ2v) is 8.94. The first-order valence-electron chi connectivity index (χ1n) is 12.3. The Bertz CT molecular complexity index is 832. The molecule has 0 spiro atoms. The van der Waals surface area contributed by atoms with E-state index in [2.05, 4.69) is 69.9 Å². The van der Waals surface area contributed by atoms with Crippen molar-refractivity contribution in [2.24, 2.45) is 5.92 Å². The molecule has 168 valence electrons. The van der Waals surface area contributed by atoms with Gasteiger partial charge in [0.1, 0.15) is 0 Å². The number of rotatable bonds is 13. The molecule has 2 unspecified atom stereocenters. The van der Waals surface area contributed by atoms with E-state index in [4.69, 9.17) is 5.41 Å². The SMILES string of the molecule is CCC/C(CC)=C(\CCC(CCC)Cc1ccc(C=N)cn1)C(C)c1ccccc1C. The van der Waals surface area contributed by atoms with E-state index in [9.17, 15) is 0 Å². The van der Waals surface area contributed by atoms with Gasteiger partial charge in [-0.3, -0.25) is 4.98 Å². The van der Waals surface area contributed by atoms with Gasteiger partial charge >= 0.3 is 0 Å². The third-order valence-corrected chi connectivity index (χ3v) is 6.64. The fourth-order valence-electron chi connectivity index (χ4n) is 4.88. The summed E-state index contributed by atoms with van der Waals surface area (Å²) in [7, 11) is 0. The highest BCUT2D eigenvalue weighted by Crippen LogP contribution is 2.36. The first-order valence-corrected chi connectivity index (χ1v) is 12.3. The Kier molecular flexibility index (Phi) is 10.7. The monoisotopic (exact) mass is 418 g/mol. The molecule has 31 heavy (non-hydrogen) atoms. The van der Waals surface area contributed by atoms with Crippen molar-refractivity contribution in [1.29, 1.82) is 5.41 Å². The summed E-state index contributed by atoms with van der Waals surface area (Å²) < 4.78 is 0. The van der Waals surface area contributed by atoms with Crippen LogP contribution in [-0.2, 0) is 6.42 Å². The summed E-state index contributed by atoms with van der Waals surface area (Å²) in [6.07, 6.45) is 12.7. The number of benzene rings is 1. The Morgan fingerprint density at radius 2 is 1.77 bits per heavy atom. The average Bonchev–Trinajstić information content (AvgIpc) is 2.79. The molecule has 0 radical (unpaired) electrons. The second-order valence-electron chi connectivity index (χ2n) is 8.94. The lowest BCUT2D eigenvalue weighted by atomic mass is 9.80. The number of hydrogen-bond acceptors (Lipinski definition) is 2. The van der Waals surface area contributed by atoms with Gasteiger partial charge in [0.2, 0.25) is 0 Å². The maximum atomic E-state index is 7.38. The average molecular weight is 419 g/mol. The molecule has 1 heterocycles. The van der Waals surface area contributed by atoms with E-state index in [1.54, 1.807) is 11.1 Å². The minimum atomic E-state index is 0.481. The van der Waals surface area contributed by atoms with Crippen molar-refractivity contribution in [1.82, 2.24) is 4.98 Å². The molecule has 0 aliphatic carbocycles. The van der Waals surface area contributed by atoms with Crippen LogP contribution in [0.15, 0.2) is 53.7 Å². The van der Waals surface area contributed by atoms with Crippen LogP contribution in [0.4, 0.5) is 0 Å². The molecule has 0 saturated heterocycles. The van der Waals surface area contributed by atoms with Gasteiger partial charge < -0.3 is 5.41 Å². The second kappa shape index (κ2) is 13.2. The molecule has 0 bridgehead atoms. The molecule has 2 atom stereocenters. The molecular weight excluding hydrogens is 376 g/mol. The predicted octanol–water partition coefficient (Wildman–Crippen LogP) is 8.44. The molecule has 2 rings (SSSR count). The Morgan fingerprint density at radius 1 is 1.00 bits per heavy atom. The lowest BCUT2D eigenvalue weighted by Crippen LogP contribution is -2.10. The fourth-order valence-corrected chi connectivity index (χ4v) is 4.88. The largest absolute Gasteiger partial charge is 0.308 e. The number of aryl methyl sites for hydroxylation is 1. The van der Waals surface area contributed by atoms with Crippen molar-refractivity contribution in [2.45, 2.75) is 91.9 Å². The van der Waals surface area contributed by atoms with Crippen LogP contribution in [0.5, 0.6) is 0 Å². The number of aromatic nitrogens is 1. The van der Waals surface area contributed by atoms with Gasteiger partial charge in [-0.05, 0) is 62.1 Å². The Labute approximate surface area is 190 Å². The molecule has 1 N–H and O–H groups in total. The highest BCUT2D eigenvalue weighted by atomic mass is 14.7. The van der Waals surface area contributed by atoms with Crippen LogP contribution in [0, 0.1) is 18.3 Å². The predicted molar refractivity (Wildman–Crippen MR) is 135 cm³/mol. The quantitative estimate of drug-likeness (QED) is 0.257. The normalized spacial score (nSPS) is 14.1. The van der Waals surface area contributed by atoms with Crippen LogP contribution in [-0.4, -0.2) is 11.2 Å². The highest BCUT2D eigenvalue weighted by molar-refractivity contribution is 5.76. The van der Waals surface area contributed by atoms with Crippen LogP contribution in [0.3, 0.4) is 0 Å². The maximum absolute atomic E-state index is 7.38. The highest BCUT2D eigenvalue weighted by Gasteiger charge is 2.19. The van der Waals surface area contributed by atoms with Gasteiger partial charge in [0.25, 0.3) is 0 Å². The van der Waals surface area contributed by atoms with E-state index in [1.165, 1.54) is 55.9 Å². The molecule has 0 fully saturated rings. The first-order chi connectivity index (χ1) is 15.0. The van der Waals surface area contributed by atoms with E-state index >= 15 is 0 Å². The summed E-state index contributed by atoms with van der Waals surface area (Å²) in [5, 5.41) is 7.38. The van der Waals surface area contributed by atoms with Crippen molar-refractivity contribution < 1.29 is 0 Å². The zero-order valence-electron chi connectivity index (χ0n) is 20.4. The van der Waals surface area contributed by atoms with E-state index in [0.29, 0.717) is 11.8 Å². The zero-order chi connectivity index (χ0) is 22.6. The van der Waals surface area contributed by atoms with E-state index in [0.717, 1.165) is 24.1 Å². The third-order valence-electron chi connectivity index (χ3n) is 6.64. The molecule has 0 aliphatic heterocycles. The van der Waals surface area contributed by atoms with Gasteiger partial charge in [0.15, 0.2) is 0 Å². The number of hydrogen-bond donors (Lipinski definition) is 1. The summed E-state index contributed by atoms with van der Waals surface area (Å²) >= 11 is 0. The molecule has 2 aromatic rings. The van der Waals surface area contributed by atoms with Crippen molar-refractivity contribution >= 4 is 6.21 Å². The minimum absolute atomic E-state index is 0.481. The summed E-state index contributed by atoms with van der Waals surface area (Å²) in [4.78, 5) is 4.61. The summed E-state index contributed by atoms with van der Waals surface area (Å²) in [6, 6.07) is 13.0. The molecule has 0 aliphatic rings. The zero-order valence-corrected chi connectivity index (χ0v) is 20.4. The minimum Gasteiger partial charge on any atom is -0.308 e. The smallest absolute Gasteiger partial charge is 0.0406 e. The topological polar surface area (TPSA) is 36.7 Å². The van der Waals surface area contributed by atoms with Crippen LogP contribution in [0.2, 0.25) is 0 Å². The van der Waals surface area contributed by atoms with Gasteiger partial charge in [-0.15, -0.1) is 0 Å². The van der Waals surface area contributed by atoms with Crippen molar-refractivity contribution in [3.63, 3.8) is 0 Å². The third kappa shape index (κ3) is 7.45. The van der Waals surface area contributed by atoms with Crippen LogP contribution in [0.1, 0.15) is 101 Å². The van der Waals surface area contributed by atoms with Crippen molar-refractivity contribution in [3.8, 4) is 0 Å². The standard InChI is InChI=1S/C29H42N2/c1-6-11-24(19-27-17-15-25(20-30)21-31-27)16-18-29(26(8-3)12-7-2)23(5)28-14-10-9-13-22(28)4/h9-10,13-15,17,20-21,23-24,30H,6-8,11-12,16,18-19H2,1-5H3/b29-26+,30-20?. The molecule has 0 saturated carbocycles. The van der Waals surface area contributed by atoms with E-state index < -0.39 is 0 Å². The molecule has 0 amide bonds. The molecule has 1 aromatic carbocycles. The van der Waals surface area contributed by atoms with Gasteiger partial charge in [-0.1, -0.05) is 88.4 Å². The summed E-state index contributed by atoms with van der Waals surface area (Å²) in [6.45, 7) is 11.6. The fraction of sp³-hybridized carbons (Fsp3) is 0.517. The van der Waals surface area contributed by atoms with Gasteiger partial charge in [0.05, 0.1) is 0 Å². The lowest BCUT2D eigenvalue weighted by Gasteiger charge is -2.25. The van der Waals surface area contributed by atoms with E-state index in [-0.39, 0.29) is 0 Å². The van der Waals surface area contributed by atoms with Gasteiger partial charge in [0, 0.05) is 29.6 Å². The van der Waals surface area contributed by atoms with Gasteiger partial charge in [-0.2, -0.15) is 0 Å². The summed E-state index contributed by atoms with van der Waals surface area (Å²) in [5.74, 6) is 1.14. The Morgan fingerprint density at radius 3 is 2.35 bits per heavy atom. The van der Waals surface area contributed by atoms with Crippen LogP contribution < -0.4 is 0 Å². The Hall–Kier alpha value is -2.22.